The molecule has 1 aromatic heterocycles. The van der Waals surface area contributed by atoms with Crippen molar-refractivity contribution in [1.29, 1.82) is 0 Å². The fraction of sp³-hybridized carbons (Fsp3) is 0.375. The Morgan fingerprint density at radius 1 is 1.16 bits per heavy atom. The van der Waals surface area contributed by atoms with Crippen LogP contribution in [0.1, 0.15) is 32.8 Å². The minimum Gasteiger partial charge on any atom is -0.507 e. The Morgan fingerprint density at radius 3 is 2.58 bits per heavy atom. The van der Waals surface area contributed by atoms with Gasteiger partial charge in [0.1, 0.15) is 11.6 Å². The van der Waals surface area contributed by atoms with Gasteiger partial charge < -0.3 is 20.4 Å². The molecule has 3 N–H and O–H groups in total. The second kappa shape index (κ2) is 7.72. The molecule has 1 fully saturated rings. The Bertz CT molecular complexity index is 1140. The fourth-order valence-electron chi connectivity index (χ4n) is 4.64. The number of carbonyl (C=O) groups is 1. The van der Waals surface area contributed by atoms with E-state index in [-0.39, 0.29) is 23.2 Å². The highest BCUT2D eigenvalue weighted by molar-refractivity contribution is 5.92. The molecule has 1 aliphatic rings. The van der Waals surface area contributed by atoms with Crippen molar-refractivity contribution in [2.75, 3.05) is 11.4 Å². The molecular weight excluding hydrogens is 392 g/mol. The Labute approximate surface area is 181 Å². The van der Waals surface area contributed by atoms with Crippen molar-refractivity contribution < 1.29 is 15.0 Å². The monoisotopic (exact) mass is 420 g/mol. The van der Waals surface area contributed by atoms with Gasteiger partial charge >= 0.3 is 6.09 Å². The van der Waals surface area contributed by atoms with Crippen LogP contribution >= 0.6 is 0 Å². The van der Waals surface area contributed by atoms with E-state index in [1.54, 1.807) is 18.2 Å². The lowest BCUT2D eigenvalue weighted by Crippen LogP contribution is -2.51. The van der Waals surface area contributed by atoms with Crippen LogP contribution in [0.5, 0.6) is 5.75 Å². The highest BCUT2D eigenvalue weighted by Crippen LogP contribution is 2.39. The number of nitrogens with one attached hydrogen (secondary N) is 1. The minimum atomic E-state index is -1.01. The summed E-state index contributed by atoms with van der Waals surface area (Å²) in [7, 11) is 0. The van der Waals surface area contributed by atoms with E-state index in [0.717, 1.165) is 22.3 Å². The van der Waals surface area contributed by atoms with Gasteiger partial charge in [-0.05, 0) is 48.6 Å². The number of nitrogens with zero attached hydrogens (tertiary/aromatic N) is 3. The number of aryl methyl sites for hydroxylation is 1. The van der Waals surface area contributed by atoms with E-state index in [4.69, 9.17) is 9.97 Å². The number of para-hydroxylation sites is 1. The highest BCUT2D eigenvalue weighted by Gasteiger charge is 2.43. The molecule has 0 radical (unpaired) electrons. The van der Waals surface area contributed by atoms with Gasteiger partial charge in [-0.1, -0.05) is 39.0 Å². The van der Waals surface area contributed by atoms with Crippen molar-refractivity contribution in [2.45, 2.75) is 46.2 Å². The third-order valence-corrected chi connectivity index (χ3v) is 5.84. The number of amides is 1. The maximum absolute atomic E-state index is 11.4. The summed E-state index contributed by atoms with van der Waals surface area (Å²) in [4.78, 5) is 23.3. The van der Waals surface area contributed by atoms with Crippen molar-refractivity contribution >= 4 is 22.8 Å². The lowest BCUT2D eigenvalue weighted by atomic mass is 9.82. The number of phenolic OH excluding ortho intramolecular Hbond substituents is 1. The van der Waals surface area contributed by atoms with E-state index >= 15 is 0 Å². The summed E-state index contributed by atoms with van der Waals surface area (Å²) >= 11 is 0. The molecule has 0 spiro atoms. The first kappa shape index (κ1) is 20.9. The number of carboxylic acid groups (broad SMARTS) is 1. The number of aromatic hydroxyl groups is 1. The number of phenols is 1. The van der Waals surface area contributed by atoms with Crippen LogP contribution in [0.3, 0.4) is 0 Å². The molecule has 1 amide bonds. The van der Waals surface area contributed by atoms with Gasteiger partial charge in [0, 0.05) is 11.9 Å². The van der Waals surface area contributed by atoms with Crippen LogP contribution in [0, 0.1) is 12.3 Å². The summed E-state index contributed by atoms with van der Waals surface area (Å²) < 4.78 is 0. The molecule has 7 nitrogen and oxygen atoms in total. The zero-order valence-electron chi connectivity index (χ0n) is 18.3. The summed E-state index contributed by atoms with van der Waals surface area (Å²) in [5.41, 5.74) is 2.25. The zero-order valence-corrected chi connectivity index (χ0v) is 18.3. The summed E-state index contributed by atoms with van der Waals surface area (Å²) in [6, 6.07) is 12.8. The second-order valence-electron chi connectivity index (χ2n) is 9.26. The van der Waals surface area contributed by atoms with E-state index in [9.17, 15) is 15.0 Å². The summed E-state index contributed by atoms with van der Waals surface area (Å²) in [6.45, 7) is 9.03. The van der Waals surface area contributed by atoms with Gasteiger partial charge in [0.25, 0.3) is 0 Å². The SMILES string of the molecule is Cc1ccc2c(N3CCC(NC(=O)O)C3C(C)(C)C)nc(-c3ccccc3O)nc2c1. The largest absolute Gasteiger partial charge is 0.507 e. The molecule has 1 saturated heterocycles. The molecular formula is C24H28N4O3. The molecule has 0 bridgehead atoms. The molecule has 31 heavy (non-hydrogen) atoms. The Balaban J connectivity index is 1.91. The van der Waals surface area contributed by atoms with Crippen LogP contribution in [0.2, 0.25) is 0 Å². The maximum Gasteiger partial charge on any atom is 0.404 e. The summed E-state index contributed by atoms with van der Waals surface area (Å²) in [5.74, 6) is 1.34. The van der Waals surface area contributed by atoms with Crippen molar-refractivity contribution in [3.8, 4) is 17.1 Å². The number of hydrogen-bond donors (Lipinski definition) is 3. The molecule has 4 rings (SSSR count). The van der Waals surface area contributed by atoms with Crippen LogP contribution < -0.4 is 10.2 Å². The molecule has 7 heteroatoms. The number of rotatable bonds is 3. The van der Waals surface area contributed by atoms with Gasteiger partial charge in [0.05, 0.1) is 23.2 Å². The van der Waals surface area contributed by atoms with E-state index < -0.39 is 6.09 Å². The lowest BCUT2D eigenvalue weighted by Gasteiger charge is -2.39. The Morgan fingerprint density at radius 2 is 1.90 bits per heavy atom. The number of aromatic nitrogens is 2. The Hall–Kier alpha value is -3.35. The molecule has 1 aliphatic heterocycles. The standard InChI is InChI=1S/C24H28N4O3/c1-14-9-10-15-18(13-14)25-21(16-7-5-6-8-19(16)29)27-22(15)28-12-11-17(26-23(30)31)20(28)24(2,3)4/h5-10,13,17,20,26,29H,11-12H2,1-4H3,(H,30,31). The molecule has 0 aliphatic carbocycles. The van der Waals surface area contributed by atoms with Gasteiger partial charge in [-0.3, -0.25) is 0 Å². The number of benzene rings is 2. The molecule has 2 aromatic carbocycles. The second-order valence-corrected chi connectivity index (χ2v) is 9.26. The first-order chi connectivity index (χ1) is 14.6. The number of anilines is 1. The van der Waals surface area contributed by atoms with E-state index in [1.165, 1.54) is 0 Å². The Kier molecular flexibility index (Phi) is 5.21. The highest BCUT2D eigenvalue weighted by atomic mass is 16.4. The molecule has 0 saturated carbocycles. The quantitative estimate of drug-likeness (QED) is 0.574. The average Bonchev–Trinajstić information content (AvgIpc) is 3.10. The summed E-state index contributed by atoms with van der Waals surface area (Å²) in [5, 5.41) is 23.4. The van der Waals surface area contributed by atoms with Crippen molar-refractivity contribution in [3.05, 3.63) is 48.0 Å². The van der Waals surface area contributed by atoms with Crippen LogP contribution in [0.4, 0.5) is 10.6 Å². The average molecular weight is 421 g/mol. The normalized spacial score (nSPS) is 19.0. The van der Waals surface area contributed by atoms with Crippen LogP contribution in [0.25, 0.3) is 22.3 Å². The van der Waals surface area contributed by atoms with Crippen molar-refractivity contribution in [3.63, 3.8) is 0 Å². The van der Waals surface area contributed by atoms with Crippen molar-refractivity contribution in [2.24, 2.45) is 5.41 Å². The first-order valence-electron chi connectivity index (χ1n) is 10.5. The molecule has 162 valence electrons. The van der Waals surface area contributed by atoms with E-state index in [2.05, 4.69) is 31.0 Å². The van der Waals surface area contributed by atoms with Crippen molar-refractivity contribution in [1.82, 2.24) is 15.3 Å². The molecule has 2 heterocycles. The maximum atomic E-state index is 11.4. The van der Waals surface area contributed by atoms with E-state index in [0.29, 0.717) is 24.4 Å². The lowest BCUT2D eigenvalue weighted by molar-refractivity contribution is 0.182. The van der Waals surface area contributed by atoms with Gasteiger partial charge in [-0.15, -0.1) is 0 Å². The van der Waals surface area contributed by atoms with E-state index in [1.807, 2.05) is 31.2 Å². The predicted molar refractivity (Wildman–Crippen MR) is 122 cm³/mol. The first-order valence-corrected chi connectivity index (χ1v) is 10.5. The molecule has 2 atom stereocenters. The van der Waals surface area contributed by atoms with Gasteiger partial charge in [0.2, 0.25) is 0 Å². The van der Waals surface area contributed by atoms with Crippen LogP contribution in [-0.4, -0.2) is 44.9 Å². The number of hydrogen-bond acceptors (Lipinski definition) is 5. The fourth-order valence-corrected chi connectivity index (χ4v) is 4.64. The number of fused-ring (bicyclic) bond motifs is 1. The van der Waals surface area contributed by atoms with Gasteiger partial charge in [-0.25, -0.2) is 14.8 Å². The smallest absolute Gasteiger partial charge is 0.404 e. The van der Waals surface area contributed by atoms with Gasteiger partial charge in [0.15, 0.2) is 5.82 Å². The topological polar surface area (TPSA) is 98.6 Å². The predicted octanol–water partition coefficient (Wildman–Crippen LogP) is 4.57. The minimum absolute atomic E-state index is 0.0831. The summed E-state index contributed by atoms with van der Waals surface area (Å²) in [6.07, 6.45) is -0.323. The van der Waals surface area contributed by atoms with Crippen LogP contribution in [0.15, 0.2) is 42.5 Å². The third kappa shape index (κ3) is 4.00. The zero-order chi connectivity index (χ0) is 22.3. The van der Waals surface area contributed by atoms with Crippen LogP contribution in [-0.2, 0) is 0 Å². The third-order valence-electron chi connectivity index (χ3n) is 5.84. The van der Waals surface area contributed by atoms with Gasteiger partial charge in [-0.2, -0.15) is 0 Å². The molecule has 3 aromatic rings. The molecule has 2 unspecified atom stereocenters.